The molecule has 1 aromatic heterocycles. The van der Waals surface area contributed by atoms with Crippen LogP contribution in [0, 0.1) is 0 Å². The average Bonchev–Trinajstić information content (AvgIpc) is 2.83. The molecule has 1 aliphatic heterocycles. The first-order valence-electron chi connectivity index (χ1n) is 6.20. The Kier molecular flexibility index (Phi) is 2.94. The second-order valence-corrected chi connectivity index (χ2v) is 4.46. The summed E-state index contributed by atoms with van der Waals surface area (Å²) in [4.78, 5) is 35.2. The Bertz CT molecular complexity index is 707. The highest BCUT2D eigenvalue weighted by Crippen LogP contribution is 2.27. The Balaban J connectivity index is 2.05. The third-order valence-electron chi connectivity index (χ3n) is 3.26. The molecule has 20 heavy (non-hydrogen) atoms. The number of aromatic nitrogens is 2. The van der Waals surface area contributed by atoms with Crippen LogP contribution in [0.3, 0.4) is 0 Å². The number of carbonyl (C=O) groups is 3. The van der Waals surface area contributed by atoms with Crippen LogP contribution in [0.2, 0.25) is 0 Å². The highest BCUT2D eigenvalue weighted by atomic mass is 16.2. The van der Waals surface area contributed by atoms with Crippen molar-refractivity contribution in [1.29, 1.82) is 0 Å². The van der Waals surface area contributed by atoms with Crippen molar-refractivity contribution < 1.29 is 14.4 Å². The zero-order valence-electron chi connectivity index (χ0n) is 10.6. The highest BCUT2D eigenvalue weighted by Gasteiger charge is 2.25. The number of hydrogen-bond acceptors (Lipinski definition) is 4. The SMILES string of the molecule is O=CCn1ncc2c(N3CCC(=O)NC3=O)cccc21. The van der Waals surface area contributed by atoms with Crippen LogP contribution in [0.5, 0.6) is 0 Å². The molecule has 1 aromatic carbocycles. The molecule has 1 saturated heterocycles. The Hall–Kier alpha value is -2.70. The van der Waals surface area contributed by atoms with Crippen molar-refractivity contribution in [1.82, 2.24) is 15.1 Å². The van der Waals surface area contributed by atoms with Crippen LogP contribution in [-0.4, -0.2) is 34.5 Å². The Labute approximate surface area is 114 Å². The van der Waals surface area contributed by atoms with Crippen molar-refractivity contribution in [2.24, 2.45) is 0 Å². The largest absolute Gasteiger partial charge is 0.328 e. The number of nitrogens with zero attached hydrogens (tertiary/aromatic N) is 3. The van der Waals surface area contributed by atoms with E-state index in [0.29, 0.717) is 12.2 Å². The van der Waals surface area contributed by atoms with E-state index in [0.717, 1.165) is 17.2 Å². The Morgan fingerprint density at radius 1 is 1.35 bits per heavy atom. The predicted octanol–water partition coefficient (Wildman–Crippen LogP) is 0.681. The van der Waals surface area contributed by atoms with Crippen molar-refractivity contribution in [3.05, 3.63) is 24.4 Å². The van der Waals surface area contributed by atoms with E-state index in [1.165, 1.54) is 4.90 Å². The second-order valence-electron chi connectivity index (χ2n) is 4.46. The van der Waals surface area contributed by atoms with Crippen LogP contribution in [0.1, 0.15) is 6.42 Å². The fraction of sp³-hybridized carbons (Fsp3) is 0.231. The molecular formula is C13H12N4O3. The summed E-state index contributed by atoms with van der Waals surface area (Å²) in [5.41, 5.74) is 1.46. The first-order chi connectivity index (χ1) is 9.70. The molecular weight excluding hydrogens is 260 g/mol. The fourth-order valence-electron chi connectivity index (χ4n) is 2.33. The van der Waals surface area contributed by atoms with Crippen molar-refractivity contribution in [2.45, 2.75) is 13.0 Å². The van der Waals surface area contributed by atoms with E-state index in [9.17, 15) is 14.4 Å². The number of aldehydes is 1. The molecule has 0 atom stereocenters. The maximum Gasteiger partial charge on any atom is 0.328 e. The molecule has 3 rings (SSSR count). The number of imide groups is 1. The first kappa shape index (κ1) is 12.3. The lowest BCUT2D eigenvalue weighted by atomic mass is 10.2. The van der Waals surface area contributed by atoms with Crippen molar-refractivity contribution in [3.63, 3.8) is 0 Å². The molecule has 0 bridgehead atoms. The van der Waals surface area contributed by atoms with E-state index < -0.39 is 6.03 Å². The van der Waals surface area contributed by atoms with E-state index in [-0.39, 0.29) is 18.9 Å². The molecule has 1 N–H and O–H groups in total. The Morgan fingerprint density at radius 3 is 2.95 bits per heavy atom. The summed E-state index contributed by atoms with van der Waals surface area (Å²) in [7, 11) is 0. The summed E-state index contributed by atoms with van der Waals surface area (Å²) in [6.07, 6.45) is 2.66. The standard InChI is InChI=1S/C13H12N4O3/c18-7-6-17-11-3-1-2-10(9(11)8-14-17)16-5-4-12(19)15-13(16)20/h1-3,7-8H,4-6H2,(H,15,19,20). The molecule has 102 valence electrons. The normalized spacial score (nSPS) is 15.5. The average molecular weight is 272 g/mol. The summed E-state index contributed by atoms with van der Waals surface area (Å²) in [5.74, 6) is -0.268. The third-order valence-corrected chi connectivity index (χ3v) is 3.26. The number of carbonyl (C=O) groups excluding carboxylic acids is 3. The van der Waals surface area contributed by atoms with E-state index in [4.69, 9.17) is 0 Å². The zero-order chi connectivity index (χ0) is 14.1. The van der Waals surface area contributed by atoms with Gasteiger partial charge in [-0.2, -0.15) is 5.10 Å². The fourth-order valence-corrected chi connectivity index (χ4v) is 2.33. The molecule has 0 radical (unpaired) electrons. The Morgan fingerprint density at radius 2 is 2.20 bits per heavy atom. The monoisotopic (exact) mass is 272 g/mol. The number of amides is 3. The molecule has 3 amide bonds. The molecule has 7 heteroatoms. The predicted molar refractivity (Wildman–Crippen MR) is 71.3 cm³/mol. The lowest BCUT2D eigenvalue weighted by Crippen LogP contribution is -2.49. The van der Waals surface area contributed by atoms with Gasteiger partial charge >= 0.3 is 6.03 Å². The summed E-state index contributed by atoms with van der Waals surface area (Å²) in [6, 6.07) is 4.99. The van der Waals surface area contributed by atoms with Crippen LogP contribution in [0.4, 0.5) is 10.5 Å². The van der Waals surface area contributed by atoms with Crippen molar-refractivity contribution in [2.75, 3.05) is 11.4 Å². The minimum Gasteiger partial charge on any atom is -0.301 e. The maximum atomic E-state index is 11.9. The third kappa shape index (κ3) is 1.93. The van der Waals surface area contributed by atoms with Gasteiger partial charge in [-0.05, 0) is 12.1 Å². The van der Waals surface area contributed by atoms with Gasteiger partial charge in [0.05, 0.1) is 23.9 Å². The molecule has 2 heterocycles. The molecule has 0 unspecified atom stereocenters. The number of hydrogen-bond donors (Lipinski definition) is 1. The number of fused-ring (bicyclic) bond motifs is 1. The van der Waals surface area contributed by atoms with E-state index in [1.807, 2.05) is 6.07 Å². The van der Waals surface area contributed by atoms with Crippen LogP contribution < -0.4 is 10.2 Å². The molecule has 0 spiro atoms. The number of nitrogens with one attached hydrogen (secondary N) is 1. The van der Waals surface area contributed by atoms with Gasteiger partial charge in [0.15, 0.2) is 0 Å². The molecule has 0 saturated carbocycles. The van der Waals surface area contributed by atoms with E-state index in [2.05, 4.69) is 10.4 Å². The number of benzene rings is 1. The first-order valence-corrected chi connectivity index (χ1v) is 6.20. The number of anilines is 1. The van der Waals surface area contributed by atoms with Gasteiger partial charge in [-0.1, -0.05) is 6.07 Å². The minimum atomic E-state index is -0.433. The van der Waals surface area contributed by atoms with Gasteiger partial charge in [0.25, 0.3) is 0 Å². The van der Waals surface area contributed by atoms with Gasteiger partial charge < -0.3 is 4.79 Å². The van der Waals surface area contributed by atoms with Gasteiger partial charge in [0, 0.05) is 18.4 Å². The molecule has 1 aliphatic rings. The lowest BCUT2D eigenvalue weighted by molar-refractivity contribution is -0.120. The zero-order valence-corrected chi connectivity index (χ0v) is 10.6. The number of rotatable bonds is 3. The molecule has 0 aliphatic carbocycles. The summed E-state index contributed by atoms with van der Waals surface area (Å²) < 4.78 is 1.57. The summed E-state index contributed by atoms with van der Waals surface area (Å²) >= 11 is 0. The lowest BCUT2D eigenvalue weighted by Gasteiger charge is -2.27. The van der Waals surface area contributed by atoms with Gasteiger partial charge in [-0.15, -0.1) is 0 Å². The van der Waals surface area contributed by atoms with E-state index >= 15 is 0 Å². The van der Waals surface area contributed by atoms with Crippen LogP contribution >= 0.6 is 0 Å². The van der Waals surface area contributed by atoms with Crippen LogP contribution in [0.25, 0.3) is 10.9 Å². The van der Waals surface area contributed by atoms with Crippen LogP contribution in [-0.2, 0) is 16.1 Å². The van der Waals surface area contributed by atoms with Gasteiger partial charge in [-0.25, -0.2) is 4.79 Å². The van der Waals surface area contributed by atoms with Gasteiger partial charge in [-0.3, -0.25) is 19.7 Å². The molecule has 1 fully saturated rings. The van der Waals surface area contributed by atoms with Crippen molar-refractivity contribution in [3.8, 4) is 0 Å². The highest BCUT2D eigenvalue weighted by molar-refractivity contribution is 6.09. The molecule has 2 aromatic rings. The van der Waals surface area contributed by atoms with Gasteiger partial charge in [0.1, 0.15) is 6.29 Å². The van der Waals surface area contributed by atoms with Gasteiger partial charge in [0.2, 0.25) is 5.91 Å². The van der Waals surface area contributed by atoms with Crippen LogP contribution in [0.15, 0.2) is 24.4 Å². The van der Waals surface area contributed by atoms with E-state index in [1.54, 1.807) is 23.0 Å². The maximum absolute atomic E-state index is 11.9. The quantitative estimate of drug-likeness (QED) is 0.833. The number of urea groups is 1. The molecule has 7 nitrogen and oxygen atoms in total. The smallest absolute Gasteiger partial charge is 0.301 e. The topological polar surface area (TPSA) is 84.3 Å². The summed E-state index contributed by atoms with van der Waals surface area (Å²) in [6.45, 7) is 0.500. The van der Waals surface area contributed by atoms with Crippen molar-refractivity contribution >= 4 is 34.8 Å². The summed E-state index contributed by atoms with van der Waals surface area (Å²) in [5, 5.41) is 7.21. The minimum absolute atomic E-state index is 0.164. The second kappa shape index (κ2) is 4.76.